The van der Waals surface area contributed by atoms with Gasteiger partial charge in [0.05, 0.1) is 40.6 Å². The first kappa shape index (κ1) is 27.8. The molecule has 0 saturated heterocycles. The molecule has 2 aromatic rings. The Morgan fingerprint density at radius 3 is 2.39 bits per heavy atom. The molecule has 1 heterocycles. The fourth-order valence-electron chi connectivity index (χ4n) is 4.82. The average Bonchev–Trinajstić information content (AvgIpc) is 3.11. The summed E-state index contributed by atoms with van der Waals surface area (Å²) >= 11 is 0. The monoisotopic (exact) mass is 521 g/mol. The molecular formula is C24H35N5O6S. The maximum atomic E-state index is 12.8. The molecule has 0 aliphatic heterocycles. The topological polar surface area (TPSA) is 191 Å². The van der Waals surface area contributed by atoms with Crippen molar-refractivity contribution in [1.29, 1.82) is 0 Å². The van der Waals surface area contributed by atoms with E-state index in [1.165, 1.54) is 0 Å². The van der Waals surface area contributed by atoms with Crippen molar-refractivity contribution in [2.24, 2.45) is 16.9 Å². The number of aromatic nitrogens is 2. The molecule has 12 heteroatoms. The summed E-state index contributed by atoms with van der Waals surface area (Å²) in [7, 11) is -3.67. The van der Waals surface area contributed by atoms with E-state index in [0.717, 1.165) is 37.1 Å². The highest BCUT2D eigenvalue weighted by Crippen LogP contribution is 2.37. The maximum Gasteiger partial charge on any atom is 0.261 e. The fraction of sp³-hybridized carbons (Fsp3) is 0.542. The van der Waals surface area contributed by atoms with E-state index < -0.39 is 16.0 Å². The zero-order valence-electron chi connectivity index (χ0n) is 20.8. The molecule has 198 valence electrons. The van der Waals surface area contributed by atoms with E-state index in [2.05, 4.69) is 24.3 Å². The van der Waals surface area contributed by atoms with Crippen LogP contribution in [0.25, 0.3) is 5.69 Å². The number of fused-ring (bicyclic) bond motifs is 1. The fourth-order valence-corrected chi connectivity index (χ4v) is 4.82. The Hall–Kier alpha value is -2.80. The van der Waals surface area contributed by atoms with Crippen molar-refractivity contribution in [2.75, 3.05) is 11.6 Å². The van der Waals surface area contributed by atoms with Crippen LogP contribution in [0.5, 0.6) is 0 Å². The van der Waals surface area contributed by atoms with E-state index in [1.54, 1.807) is 16.8 Å². The molecular weight excluding hydrogens is 486 g/mol. The third-order valence-electron chi connectivity index (χ3n) is 6.38. The number of aliphatic hydroxyl groups is 1. The lowest BCUT2D eigenvalue weighted by molar-refractivity contribution is 0.0909. The predicted octanol–water partition coefficient (Wildman–Crippen LogP) is 1.80. The number of hydrogen-bond acceptors (Lipinski definition) is 8. The van der Waals surface area contributed by atoms with E-state index in [9.17, 15) is 23.1 Å². The SMILES string of the molecule is CC1(C)CC(=O)c2c(CN)nn(-c3ccc(C(N)=O)c(N[C@H]4CC[C@H](O)CC4)c3)c2C1.CS(=O)(=O)O. The molecule has 0 spiro atoms. The Labute approximate surface area is 211 Å². The summed E-state index contributed by atoms with van der Waals surface area (Å²) < 4.78 is 27.7. The van der Waals surface area contributed by atoms with Crippen molar-refractivity contribution in [3.05, 3.63) is 40.7 Å². The number of carbonyl (C=O) groups excluding carboxylic acids is 2. The summed E-state index contributed by atoms with van der Waals surface area (Å²) in [5.74, 6) is -0.433. The van der Waals surface area contributed by atoms with Gasteiger partial charge < -0.3 is 21.9 Å². The normalized spacial score (nSPS) is 21.2. The number of aliphatic hydroxyl groups excluding tert-OH is 1. The second-order valence-corrected chi connectivity index (χ2v) is 11.8. The minimum Gasteiger partial charge on any atom is -0.393 e. The standard InChI is InChI=1S/C23H31N5O3.CH4O3S/c1-23(2)10-19-21(20(30)11-23)18(12-24)27-28(19)14-5-8-16(22(25)31)17(9-14)26-13-3-6-15(29)7-4-13;1-5(2,3)4/h5,8-9,13,15,26,29H,3-4,6-7,10-12,24H2,1-2H3,(H2,25,31);1H3,(H,2,3,4)/t13-,15-;. The lowest BCUT2D eigenvalue weighted by Gasteiger charge is -2.29. The summed E-state index contributed by atoms with van der Waals surface area (Å²) in [6, 6.07) is 5.52. The number of nitrogens with zero attached hydrogens (tertiary/aromatic N) is 2. The Morgan fingerprint density at radius 2 is 1.83 bits per heavy atom. The van der Waals surface area contributed by atoms with Gasteiger partial charge in [0.2, 0.25) is 0 Å². The van der Waals surface area contributed by atoms with Gasteiger partial charge in [-0.05, 0) is 55.7 Å². The van der Waals surface area contributed by atoms with Crippen molar-refractivity contribution in [2.45, 2.75) is 71.1 Å². The smallest absolute Gasteiger partial charge is 0.261 e. The highest BCUT2D eigenvalue weighted by atomic mass is 32.2. The number of hydrogen-bond donors (Lipinski definition) is 5. The predicted molar refractivity (Wildman–Crippen MR) is 136 cm³/mol. The van der Waals surface area contributed by atoms with Gasteiger partial charge in [0.15, 0.2) is 5.78 Å². The first-order valence-corrected chi connectivity index (χ1v) is 13.7. The molecule has 4 rings (SSSR count). The number of ketones is 1. The summed E-state index contributed by atoms with van der Waals surface area (Å²) in [6.45, 7) is 4.35. The molecule has 2 aliphatic rings. The Kier molecular flexibility index (Phi) is 8.23. The van der Waals surface area contributed by atoms with Crippen LogP contribution in [0, 0.1) is 5.41 Å². The van der Waals surface area contributed by atoms with Gasteiger partial charge in [-0.3, -0.25) is 14.1 Å². The Morgan fingerprint density at radius 1 is 1.22 bits per heavy atom. The van der Waals surface area contributed by atoms with E-state index >= 15 is 0 Å². The average molecular weight is 522 g/mol. The molecule has 0 atom stereocenters. The number of carbonyl (C=O) groups is 2. The molecule has 0 radical (unpaired) electrons. The van der Waals surface area contributed by atoms with Gasteiger partial charge >= 0.3 is 0 Å². The van der Waals surface area contributed by atoms with E-state index in [0.29, 0.717) is 41.6 Å². The number of nitrogens with two attached hydrogens (primary N) is 2. The number of nitrogens with one attached hydrogen (secondary N) is 1. The second-order valence-electron chi connectivity index (χ2n) is 10.3. The van der Waals surface area contributed by atoms with Gasteiger partial charge in [-0.15, -0.1) is 0 Å². The number of benzene rings is 1. The van der Waals surface area contributed by atoms with Crippen molar-refractivity contribution >= 4 is 27.5 Å². The van der Waals surface area contributed by atoms with Gasteiger partial charge in [0, 0.05) is 24.7 Å². The van der Waals surface area contributed by atoms with E-state index in [1.807, 2.05) is 6.07 Å². The highest BCUT2D eigenvalue weighted by molar-refractivity contribution is 7.85. The minimum atomic E-state index is -3.67. The van der Waals surface area contributed by atoms with Crippen molar-refractivity contribution in [3.63, 3.8) is 0 Å². The number of amides is 1. The van der Waals surface area contributed by atoms with E-state index in [-0.39, 0.29) is 29.9 Å². The maximum absolute atomic E-state index is 12.8. The first-order chi connectivity index (χ1) is 16.7. The van der Waals surface area contributed by atoms with Crippen molar-refractivity contribution in [3.8, 4) is 5.69 Å². The van der Waals surface area contributed by atoms with Crippen molar-refractivity contribution < 1.29 is 27.7 Å². The Balaban J connectivity index is 0.000000658. The van der Waals surface area contributed by atoms with Crippen LogP contribution >= 0.6 is 0 Å². The zero-order valence-corrected chi connectivity index (χ0v) is 21.6. The van der Waals surface area contributed by atoms with Crippen LogP contribution in [-0.4, -0.2) is 57.9 Å². The lowest BCUT2D eigenvalue weighted by Crippen LogP contribution is -2.29. The zero-order chi connectivity index (χ0) is 26.8. The number of primary amides is 1. The van der Waals surface area contributed by atoms with Crippen molar-refractivity contribution in [1.82, 2.24) is 9.78 Å². The molecule has 1 aromatic heterocycles. The molecule has 7 N–H and O–H groups in total. The van der Waals surface area contributed by atoms with Crippen LogP contribution in [-0.2, 0) is 23.1 Å². The largest absolute Gasteiger partial charge is 0.393 e. The van der Waals surface area contributed by atoms with Gasteiger partial charge in [0.1, 0.15) is 0 Å². The molecule has 2 aliphatic carbocycles. The van der Waals surface area contributed by atoms with Gasteiger partial charge in [0.25, 0.3) is 16.0 Å². The molecule has 1 aromatic carbocycles. The van der Waals surface area contributed by atoms with E-state index in [4.69, 9.17) is 16.0 Å². The van der Waals surface area contributed by atoms with Crippen LogP contribution in [0.1, 0.15) is 78.1 Å². The third-order valence-corrected chi connectivity index (χ3v) is 6.38. The van der Waals surface area contributed by atoms with Gasteiger partial charge in [-0.1, -0.05) is 13.8 Å². The van der Waals surface area contributed by atoms with Gasteiger partial charge in [-0.2, -0.15) is 13.5 Å². The molecule has 1 fully saturated rings. The molecule has 1 amide bonds. The second kappa shape index (κ2) is 10.7. The minimum absolute atomic E-state index is 0.0748. The molecule has 11 nitrogen and oxygen atoms in total. The third kappa shape index (κ3) is 6.90. The first-order valence-electron chi connectivity index (χ1n) is 11.8. The number of Topliss-reactive ketones (excluding diaryl/α,β-unsaturated/α-hetero) is 1. The van der Waals surface area contributed by atoms with Crippen LogP contribution in [0.4, 0.5) is 5.69 Å². The van der Waals surface area contributed by atoms with Gasteiger partial charge in [-0.25, -0.2) is 4.68 Å². The van der Waals surface area contributed by atoms with Crippen LogP contribution < -0.4 is 16.8 Å². The molecule has 0 bridgehead atoms. The lowest BCUT2D eigenvalue weighted by atomic mass is 9.75. The van der Waals surface area contributed by atoms with Crippen LogP contribution in [0.2, 0.25) is 0 Å². The van der Waals surface area contributed by atoms with Crippen LogP contribution in [0.3, 0.4) is 0 Å². The molecule has 1 saturated carbocycles. The van der Waals surface area contributed by atoms with Crippen LogP contribution in [0.15, 0.2) is 18.2 Å². The highest BCUT2D eigenvalue weighted by Gasteiger charge is 2.36. The molecule has 0 unspecified atom stereocenters. The summed E-state index contributed by atoms with van der Waals surface area (Å²) in [6.07, 6.45) is 4.74. The summed E-state index contributed by atoms with van der Waals surface area (Å²) in [5, 5.41) is 17.9. The number of rotatable bonds is 5. The molecule has 36 heavy (non-hydrogen) atoms. The summed E-state index contributed by atoms with van der Waals surface area (Å²) in [5.41, 5.74) is 15.3. The number of anilines is 1. The Bertz CT molecular complexity index is 1240. The summed E-state index contributed by atoms with van der Waals surface area (Å²) in [4.78, 5) is 24.9. The quantitative estimate of drug-likeness (QED) is 0.365.